The summed E-state index contributed by atoms with van der Waals surface area (Å²) in [5, 5.41) is 2.56. The molecule has 1 amide bonds. The topological polar surface area (TPSA) is 111 Å². The van der Waals surface area contributed by atoms with Gasteiger partial charge in [0.05, 0.1) is 12.6 Å². The summed E-state index contributed by atoms with van der Waals surface area (Å²) in [5.74, 6) is -0.278. The van der Waals surface area contributed by atoms with E-state index < -0.39 is 6.04 Å². The van der Waals surface area contributed by atoms with Gasteiger partial charge in [0, 0.05) is 6.54 Å². The van der Waals surface area contributed by atoms with E-state index >= 15 is 0 Å². The minimum atomic E-state index is -0.569. The van der Waals surface area contributed by atoms with E-state index in [1.807, 2.05) is 0 Å². The molecule has 86 valence electrons. The first-order chi connectivity index (χ1) is 8.26. The number of hydrogen-bond donors (Lipinski definition) is 3. The van der Waals surface area contributed by atoms with Crippen LogP contribution >= 0.6 is 0 Å². The number of aliphatic imine (C=N–C) groups is 1. The van der Waals surface area contributed by atoms with Crippen molar-refractivity contribution in [2.24, 2.45) is 16.4 Å². The van der Waals surface area contributed by atoms with E-state index in [0.29, 0.717) is 13.0 Å². The maximum atomic E-state index is 11.5. The van der Waals surface area contributed by atoms with Gasteiger partial charge in [-0.3, -0.25) is 4.79 Å². The zero-order valence-electron chi connectivity index (χ0n) is 10.6. The molecule has 1 atom stereocenters. The quantitative estimate of drug-likeness (QED) is 0.244. The van der Waals surface area contributed by atoms with Gasteiger partial charge in [-0.05, 0) is 19.4 Å². The number of amides is 1. The number of carbonyl (C=O) groups is 1. The second-order valence-corrected chi connectivity index (χ2v) is 3.06. The Morgan fingerprint density at radius 2 is 2.60 bits per heavy atom. The third-order valence-corrected chi connectivity index (χ3v) is 1.82. The number of isocyanates is 1. The first-order valence-electron chi connectivity index (χ1n) is 5.89. The average molecular weight is 215 g/mol. The van der Waals surface area contributed by atoms with Crippen molar-refractivity contribution < 1.29 is 12.4 Å². The molecule has 0 rings (SSSR count). The molecule has 0 aliphatic heterocycles. The molecule has 0 saturated carbocycles. The fourth-order valence-electron chi connectivity index (χ4n) is 1.01. The molecule has 0 aromatic rings. The highest BCUT2D eigenvalue weighted by Gasteiger charge is 2.11. The van der Waals surface area contributed by atoms with Crippen LogP contribution < -0.4 is 16.8 Å². The van der Waals surface area contributed by atoms with E-state index in [0.717, 1.165) is 12.8 Å². The van der Waals surface area contributed by atoms with Crippen LogP contribution in [0.25, 0.3) is 0 Å². The maximum Gasteiger partial charge on any atom is 0.236 e. The third-order valence-electron chi connectivity index (χ3n) is 1.82. The van der Waals surface area contributed by atoms with Crippen LogP contribution in [-0.2, 0) is 9.59 Å². The monoisotopic (exact) mass is 215 g/mol. The fraction of sp³-hybridized carbons (Fsp3) is 0.778. The van der Waals surface area contributed by atoms with Crippen molar-refractivity contribution in [2.45, 2.75) is 25.3 Å². The fourth-order valence-corrected chi connectivity index (χ4v) is 1.01. The average Bonchev–Trinajstić information content (AvgIpc) is 2.34. The molecule has 6 heteroatoms. The van der Waals surface area contributed by atoms with Crippen LogP contribution in [0.3, 0.4) is 0 Å². The summed E-state index contributed by atoms with van der Waals surface area (Å²) < 4.78 is 13.8. The molecule has 1 unspecified atom stereocenters. The van der Waals surface area contributed by atoms with Gasteiger partial charge in [0.1, 0.15) is 2.82 Å². The lowest BCUT2D eigenvalue weighted by atomic mass is 10.1. The highest BCUT2D eigenvalue weighted by Crippen LogP contribution is 1.97. The number of hydrogen-bond acceptors (Lipinski definition) is 5. The third kappa shape index (κ3) is 7.81. The maximum absolute atomic E-state index is 11.5. The molecule has 0 aromatic heterocycles. The predicted molar refractivity (Wildman–Crippen MR) is 56.9 cm³/mol. The SMILES string of the molecule is [1H]NCCCCC(N[2H])C(=O)NCCN=C=O. The highest BCUT2D eigenvalue weighted by atomic mass is 16.2. The summed E-state index contributed by atoms with van der Waals surface area (Å²) in [7, 11) is 0. The van der Waals surface area contributed by atoms with Gasteiger partial charge < -0.3 is 16.8 Å². The Balaban J connectivity index is 3.74. The minimum Gasteiger partial charge on any atom is -0.353 e. The van der Waals surface area contributed by atoms with Crippen LogP contribution in [0.15, 0.2) is 4.99 Å². The molecule has 0 heterocycles. The molecule has 0 aromatic carbocycles. The second kappa shape index (κ2) is 9.33. The van der Waals surface area contributed by atoms with E-state index in [9.17, 15) is 9.59 Å². The molecule has 15 heavy (non-hydrogen) atoms. The first-order valence-corrected chi connectivity index (χ1v) is 4.89. The van der Waals surface area contributed by atoms with Crippen molar-refractivity contribution >= 4 is 12.0 Å². The van der Waals surface area contributed by atoms with Gasteiger partial charge in [0.25, 0.3) is 0 Å². The van der Waals surface area contributed by atoms with Crippen molar-refractivity contribution in [2.75, 3.05) is 19.6 Å². The summed E-state index contributed by atoms with van der Waals surface area (Å²) >= 11 is 0. The van der Waals surface area contributed by atoms with Crippen LogP contribution in [0.2, 0.25) is 2.82 Å². The number of nitrogens with two attached hydrogens (primary N) is 2. The van der Waals surface area contributed by atoms with Gasteiger partial charge in [0.2, 0.25) is 12.0 Å². The summed E-state index contributed by atoms with van der Waals surface area (Å²) in [5.41, 5.74) is 4.45. The largest absolute Gasteiger partial charge is 0.353 e. The van der Waals surface area contributed by atoms with Crippen LogP contribution in [-0.4, -0.2) is 37.7 Å². The van der Waals surface area contributed by atoms with Crippen molar-refractivity contribution in [1.82, 2.24) is 5.32 Å². The Bertz CT molecular complexity index is 259. The van der Waals surface area contributed by atoms with Gasteiger partial charge in [-0.25, -0.2) is 9.79 Å². The van der Waals surface area contributed by atoms with Gasteiger partial charge in [-0.1, -0.05) is 6.42 Å². The normalized spacial score (nSPS) is 13.3. The first kappa shape index (κ1) is 10.3. The van der Waals surface area contributed by atoms with Crippen molar-refractivity contribution in [1.29, 1.82) is 0 Å². The molecule has 0 aliphatic rings. The lowest BCUT2D eigenvalue weighted by Gasteiger charge is -2.10. The predicted octanol–water partition coefficient (Wildman–Crippen LogP) is -1.11. The summed E-state index contributed by atoms with van der Waals surface area (Å²) in [6.45, 7) is 1.03. The number of carbonyl (C=O) groups excluding carboxylic acids is 2. The Kier molecular flexibility index (Phi) is 6.40. The lowest BCUT2D eigenvalue weighted by molar-refractivity contribution is -0.122. The highest BCUT2D eigenvalue weighted by molar-refractivity contribution is 5.81. The molecule has 0 bridgehead atoms. The van der Waals surface area contributed by atoms with Gasteiger partial charge in [-0.15, -0.1) is 0 Å². The van der Waals surface area contributed by atoms with Crippen molar-refractivity contribution in [3.63, 3.8) is 0 Å². The number of rotatable bonds is 10. The molecular formula is C9H18N4O2. The zero-order valence-corrected chi connectivity index (χ0v) is 8.58. The number of nitrogens with zero attached hydrogens (tertiary/aromatic N) is 1. The van der Waals surface area contributed by atoms with Gasteiger partial charge >= 0.3 is 0 Å². The van der Waals surface area contributed by atoms with E-state index in [-0.39, 0.29) is 19.0 Å². The Hall–Kier alpha value is -1.23. The van der Waals surface area contributed by atoms with Crippen LogP contribution in [0.5, 0.6) is 0 Å². The molecule has 6 nitrogen and oxygen atoms in total. The lowest BCUT2D eigenvalue weighted by Crippen LogP contribution is -2.41. The van der Waals surface area contributed by atoms with Crippen LogP contribution in [0, 0.1) is 0 Å². The molecule has 5 N–H and O–H groups in total. The molecule has 0 fully saturated rings. The van der Waals surface area contributed by atoms with E-state index in [1.165, 1.54) is 6.08 Å². The standard InChI is InChI=1S/C9H18N4O2/c10-4-2-1-3-8(11)9(15)13-6-5-12-7-14/h8H,1-6,10-11H2,(H,13,15)/i/hDH. The Morgan fingerprint density at radius 3 is 3.27 bits per heavy atom. The summed E-state index contributed by atoms with van der Waals surface area (Å²) in [6.07, 6.45) is 3.45. The van der Waals surface area contributed by atoms with Crippen molar-refractivity contribution in [3.05, 3.63) is 0 Å². The minimum absolute atomic E-state index is 0.197. The van der Waals surface area contributed by atoms with Gasteiger partial charge in [-0.2, -0.15) is 0 Å². The second-order valence-electron chi connectivity index (χ2n) is 3.06. The summed E-state index contributed by atoms with van der Waals surface area (Å²) in [6, 6.07) is -0.569. The smallest absolute Gasteiger partial charge is 0.236 e. The molecule has 0 radical (unpaired) electrons. The molecule has 0 spiro atoms. The molecular weight excluding hydrogens is 196 g/mol. The van der Waals surface area contributed by atoms with Crippen LogP contribution in [0.4, 0.5) is 0 Å². The number of nitrogens with one attached hydrogen (secondary N) is 1. The van der Waals surface area contributed by atoms with E-state index in [1.54, 1.807) is 0 Å². The molecule has 0 aliphatic carbocycles. The number of unbranched alkanes of at least 4 members (excludes halogenated alkanes) is 1. The van der Waals surface area contributed by atoms with E-state index in [4.69, 9.17) is 2.82 Å². The van der Waals surface area contributed by atoms with Crippen molar-refractivity contribution in [3.8, 4) is 0 Å². The van der Waals surface area contributed by atoms with E-state index in [2.05, 4.69) is 21.8 Å². The zero-order chi connectivity index (χ0) is 12.9. The molecule has 0 saturated heterocycles. The van der Waals surface area contributed by atoms with Crippen LogP contribution in [0.1, 0.15) is 19.3 Å². The summed E-state index contributed by atoms with van der Waals surface area (Å²) in [4.78, 5) is 24.6. The Morgan fingerprint density at radius 1 is 1.73 bits per heavy atom. The Labute approximate surface area is 92.0 Å². The van der Waals surface area contributed by atoms with Gasteiger partial charge in [0.15, 0.2) is 0 Å².